The number of nitrogens with one attached hydrogen (secondary N) is 1. The van der Waals surface area contributed by atoms with Gasteiger partial charge in [0.1, 0.15) is 0 Å². The van der Waals surface area contributed by atoms with Gasteiger partial charge in [-0.05, 0) is 17.7 Å². The van der Waals surface area contributed by atoms with Crippen LogP contribution in [0.15, 0.2) is 33.1 Å². The lowest BCUT2D eigenvalue weighted by atomic mass is 10.2. The molecule has 0 aliphatic carbocycles. The molecule has 1 heterocycles. The van der Waals surface area contributed by atoms with E-state index in [4.69, 9.17) is 0 Å². The van der Waals surface area contributed by atoms with E-state index in [2.05, 4.69) is 43.6 Å². The summed E-state index contributed by atoms with van der Waals surface area (Å²) in [4.78, 5) is 10.9. The smallest absolute Gasteiger partial charge is 0.223 e. The molecule has 0 atom stereocenters. The summed E-state index contributed by atoms with van der Waals surface area (Å²) in [5.41, 5.74) is 1.21. The fourth-order valence-electron chi connectivity index (χ4n) is 1.24. The number of nitrogens with zero attached hydrogens (tertiary/aromatic N) is 2. The van der Waals surface area contributed by atoms with Gasteiger partial charge in [0.15, 0.2) is 4.34 Å². The average molecular weight is 344 g/mol. The highest BCUT2D eigenvalue weighted by Crippen LogP contribution is 2.28. The van der Waals surface area contributed by atoms with E-state index in [9.17, 15) is 4.79 Å². The lowest BCUT2D eigenvalue weighted by Crippen LogP contribution is -2.04. The van der Waals surface area contributed by atoms with Crippen molar-refractivity contribution in [2.75, 3.05) is 5.32 Å². The molecule has 4 nitrogen and oxygen atoms in total. The van der Waals surface area contributed by atoms with Crippen molar-refractivity contribution in [3.05, 3.63) is 34.3 Å². The molecule has 0 aliphatic rings. The first-order valence-corrected chi connectivity index (χ1v) is 7.71. The number of halogens is 1. The zero-order valence-corrected chi connectivity index (χ0v) is 12.7. The largest absolute Gasteiger partial charge is 0.301 e. The number of anilines is 1. The molecule has 0 aliphatic heterocycles. The van der Waals surface area contributed by atoms with E-state index in [1.807, 2.05) is 12.1 Å². The van der Waals surface area contributed by atoms with Crippen LogP contribution in [0.25, 0.3) is 0 Å². The molecule has 0 bridgehead atoms. The first-order valence-electron chi connectivity index (χ1n) is 5.12. The Morgan fingerprint density at radius 3 is 3.06 bits per heavy atom. The Morgan fingerprint density at radius 2 is 2.33 bits per heavy atom. The Balaban J connectivity index is 1.94. The minimum absolute atomic E-state index is 0.130. The molecule has 1 aromatic heterocycles. The van der Waals surface area contributed by atoms with Gasteiger partial charge in [0.25, 0.3) is 0 Å². The normalized spacial score (nSPS) is 10.3. The molecule has 2 rings (SSSR count). The van der Waals surface area contributed by atoms with Crippen molar-refractivity contribution in [1.82, 2.24) is 10.2 Å². The summed E-state index contributed by atoms with van der Waals surface area (Å²) in [6.07, 6.45) is 0. The molecule has 0 saturated carbocycles. The van der Waals surface area contributed by atoms with Crippen LogP contribution in [0.2, 0.25) is 0 Å². The molecular weight excluding hydrogens is 334 g/mol. The van der Waals surface area contributed by atoms with Crippen LogP contribution in [-0.4, -0.2) is 16.1 Å². The molecule has 2 aromatic rings. The number of hydrogen-bond acceptors (Lipinski definition) is 5. The van der Waals surface area contributed by atoms with Crippen LogP contribution >= 0.6 is 39.0 Å². The maximum atomic E-state index is 10.9. The van der Waals surface area contributed by atoms with Crippen molar-refractivity contribution < 1.29 is 4.79 Å². The number of amides is 1. The van der Waals surface area contributed by atoms with Crippen LogP contribution < -0.4 is 5.32 Å². The van der Waals surface area contributed by atoms with E-state index in [0.717, 1.165) is 14.6 Å². The summed E-state index contributed by atoms with van der Waals surface area (Å²) in [7, 11) is 0. The number of carbonyl (C=O) groups is 1. The zero-order chi connectivity index (χ0) is 13.0. The topological polar surface area (TPSA) is 54.9 Å². The highest BCUT2D eigenvalue weighted by atomic mass is 79.9. The Kier molecular flexibility index (Phi) is 4.73. The predicted octanol–water partition coefficient (Wildman–Crippen LogP) is 3.55. The number of hydrogen-bond donors (Lipinski definition) is 1. The fraction of sp³-hybridized carbons (Fsp3) is 0.182. The average Bonchev–Trinajstić information content (AvgIpc) is 2.73. The summed E-state index contributed by atoms with van der Waals surface area (Å²) < 4.78 is 1.91. The molecule has 1 aromatic carbocycles. The van der Waals surface area contributed by atoms with Gasteiger partial charge in [-0.2, -0.15) is 0 Å². The molecule has 18 heavy (non-hydrogen) atoms. The van der Waals surface area contributed by atoms with Crippen LogP contribution in [0, 0.1) is 0 Å². The number of carbonyl (C=O) groups excluding carboxylic acids is 1. The third-order valence-electron chi connectivity index (χ3n) is 1.94. The van der Waals surface area contributed by atoms with Gasteiger partial charge in [-0.15, -0.1) is 10.2 Å². The quantitative estimate of drug-likeness (QED) is 0.681. The van der Waals surface area contributed by atoms with E-state index in [0.29, 0.717) is 5.13 Å². The van der Waals surface area contributed by atoms with Crippen molar-refractivity contribution in [3.8, 4) is 0 Å². The van der Waals surface area contributed by atoms with E-state index in [1.54, 1.807) is 11.8 Å². The maximum absolute atomic E-state index is 10.9. The number of aromatic nitrogens is 2. The van der Waals surface area contributed by atoms with Crippen molar-refractivity contribution in [2.24, 2.45) is 0 Å². The summed E-state index contributed by atoms with van der Waals surface area (Å²) in [5.74, 6) is 0.698. The van der Waals surface area contributed by atoms with Gasteiger partial charge in [-0.1, -0.05) is 51.2 Å². The summed E-state index contributed by atoms with van der Waals surface area (Å²) >= 11 is 6.42. The number of thioether (sulfide) groups is 1. The monoisotopic (exact) mass is 343 g/mol. The van der Waals surface area contributed by atoms with Gasteiger partial charge in [0, 0.05) is 17.1 Å². The molecule has 0 spiro atoms. The van der Waals surface area contributed by atoms with Gasteiger partial charge in [-0.3, -0.25) is 4.79 Å². The molecule has 1 amide bonds. The summed E-state index contributed by atoms with van der Waals surface area (Å²) in [6.45, 7) is 1.45. The molecule has 0 unspecified atom stereocenters. The van der Waals surface area contributed by atoms with Crippen molar-refractivity contribution in [3.63, 3.8) is 0 Å². The van der Waals surface area contributed by atoms with E-state index < -0.39 is 0 Å². The lowest BCUT2D eigenvalue weighted by Gasteiger charge is -1.98. The van der Waals surface area contributed by atoms with Crippen LogP contribution in [0.3, 0.4) is 0 Å². The molecule has 7 heteroatoms. The summed E-state index contributed by atoms with van der Waals surface area (Å²) in [5, 5.41) is 11.1. The third kappa shape index (κ3) is 4.08. The predicted molar refractivity (Wildman–Crippen MR) is 77.9 cm³/mol. The molecule has 0 saturated heterocycles. The Bertz CT molecular complexity index is 559. The minimum Gasteiger partial charge on any atom is -0.301 e. The highest BCUT2D eigenvalue weighted by Gasteiger charge is 2.06. The van der Waals surface area contributed by atoms with Crippen LogP contribution in [-0.2, 0) is 10.5 Å². The molecule has 0 radical (unpaired) electrons. The fourth-order valence-corrected chi connectivity index (χ4v) is 3.43. The van der Waals surface area contributed by atoms with Crippen molar-refractivity contribution >= 4 is 50.1 Å². The highest BCUT2D eigenvalue weighted by molar-refractivity contribution is 9.10. The van der Waals surface area contributed by atoms with Crippen LogP contribution in [0.5, 0.6) is 0 Å². The van der Waals surface area contributed by atoms with Gasteiger partial charge < -0.3 is 5.32 Å². The van der Waals surface area contributed by atoms with Crippen LogP contribution in [0.1, 0.15) is 12.5 Å². The molecule has 0 fully saturated rings. The number of rotatable bonds is 4. The standard InChI is InChI=1S/C11H10BrN3OS2/c1-7(16)13-10-14-15-11(18-10)17-6-8-3-2-4-9(12)5-8/h2-5H,6H2,1H3,(H,13,14,16). The van der Waals surface area contributed by atoms with Crippen molar-refractivity contribution in [2.45, 2.75) is 17.0 Å². The van der Waals surface area contributed by atoms with Gasteiger partial charge in [-0.25, -0.2) is 0 Å². The minimum atomic E-state index is -0.130. The Morgan fingerprint density at radius 1 is 1.50 bits per heavy atom. The second kappa shape index (κ2) is 6.31. The van der Waals surface area contributed by atoms with Crippen LogP contribution in [0.4, 0.5) is 5.13 Å². The van der Waals surface area contributed by atoms with Gasteiger partial charge >= 0.3 is 0 Å². The Hall–Kier alpha value is -0.920. The molecule has 94 valence electrons. The molecular formula is C11H10BrN3OS2. The van der Waals surface area contributed by atoms with E-state index in [1.165, 1.54) is 23.8 Å². The first-order chi connectivity index (χ1) is 8.63. The Labute approximate surface area is 121 Å². The van der Waals surface area contributed by atoms with Gasteiger partial charge in [0.2, 0.25) is 11.0 Å². The second-order valence-electron chi connectivity index (χ2n) is 3.47. The van der Waals surface area contributed by atoms with Crippen molar-refractivity contribution in [1.29, 1.82) is 0 Å². The van der Waals surface area contributed by atoms with Gasteiger partial charge in [0.05, 0.1) is 0 Å². The third-order valence-corrected chi connectivity index (χ3v) is 4.48. The maximum Gasteiger partial charge on any atom is 0.223 e. The second-order valence-corrected chi connectivity index (χ2v) is 6.59. The van der Waals surface area contributed by atoms with E-state index in [-0.39, 0.29) is 5.91 Å². The van der Waals surface area contributed by atoms with E-state index >= 15 is 0 Å². The summed E-state index contributed by atoms with van der Waals surface area (Å²) in [6, 6.07) is 8.13. The zero-order valence-electron chi connectivity index (χ0n) is 9.51. The SMILES string of the molecule is CC(=O)Nc1nnc(SCc2cccc(Br)c2)s1. The number of benzene rings is 1. The lowest BCUT2D eigenvalue weighted by molar-refractivity contribution is -0.114. The first kappa shape index (κ1) is 13.5. The molecule has 1 N–H and O–H groups in total.